The van der Waals surface area contributed by atoms with Gasteiger partial charge in [0.2, 0.25) is 10.0 Å². The van der Waals surface area contributed by atoms with Crippen LogP contribution in [-0.4, -0.2) is 37.8 Å². The molecule has 1 fully saturated rings. The summed E-state index contributed by atoms with van der Waals surface area (Å²) in [6.45, 7) is 1.91. The molecular formula is C20H21FN4O2S. The Hall–Kier alpha value is -2.71. The van der Waals surface area contributed by atoms with Crippen LogP contribution < -0.4 is 9.62 Å². The summed E-state index contributed by atoms with van der Waals surface area (Å²) in [6, 6.07) is 15.7. The van der Waals surface area contributed by atoms with E-state index in [0.29, 0.717) is 6.54 Å². The van der Waals surface area contributed by atoms with E-state index in [0.717, 1.165) is 30.9 Å². The molecule has 2 aromatic carbocycles. The molecule has 0 bridgehead atoms. The van der Waals surface area contributed by atoms with Crippen LogP contribution in [0, 0.1) is 11.7 Å². The van der Waals surface area contributed by atoms with Crippen LogP contribution in [0.15, 0.2) is 71.9 Å². The van der Waals surface area contributed by atoms with Crippen molar-refractivity contribution in [3.05, 3.63) is 72.8 Å². The average molecular weight is 400 g/mol. The number of sulfonamides is 1. The van der Waals surface area contributed by atoms with Crippen LogP contribution in [0.5, 0.6) is 0 Å². The number of nitrogens with one attached hydrogen (secondary N) is 1. The highest BCUT2D eigenvalue weighted by molar-refractivity contribution is 7.89. The van der Waals surface area contributed by atoms with Gasteiger partial charge < -0.3 is 4.90 Å². The molecule has 0 aliphatic carbocycles. The van der Waals surface area contributed by atoms with E-state index in [1.807, 2.05) is 30.3 Å². The van der Waals surface area contributed by atoms with E-state index in [4.69, 9.17) is 0 Å². The lowest BCUT2D eigenvalue weighted by molar-refractivity contribution is 0.541. The predicted octanol–water partition coefficient (Wildman–Crippen LogP) is 2.82. The van der Waals surface area contributed by atoms with Gasteiger partial charge in [0.25, 0.3) is 0 Å². The van der Waals surface area contributed by atoms with Crippen molar-refractivity contribution >= 4 is 15.7 Å². The molecule has 1 aliphatic rings. The van der Waals surface area contributed by atoms with E-state index in [1.165, 1.54) is 24.5 Å². The summed E-state index contributed by atoms with van der Waals surface area (Å²) in [5.74, 6) is -0.0627. The molecule has 6 nitrogen and oxygen atoms in total. The topological polar surface area (TPSA) is 67.2 Å². The van der Waals surface area contributed by atoms with E-state index in [1.54, 1.807) is 16.8 Å². The normalized spacial score (nSPS) is 17.2. The van der Waals surface area contributed by atoms with Crippen molar-refractivity contribution in [2.75, 3.05) is 24.5 Å². The van der Waals surface area contributed by atoms with Crippen molar-refractivity contribution in [2.24, 2.45) is 5.92 Å². The van der Waals surface area contributed by atoms with Crippen molar-refractivity contribution in [3.8, 4) is 5.69 Å². The van der Waals surface area contributed by atoms with Gasteiger partial charge in [-0.15, -0.1) is 0 Å². The summed E-state index contributed by atoms with van der Waals surface area (Å²) in [5.41, 5.74) is 1.76. The summed E-state index contributed by atoms with van der Waals surface area (Å²) in [5, 5.41) is 4.15. The predicted molar refractivity (Wildman–Crippen MR) is 105 cm³/mol. The summed E-state index contributed by atoms with van der Waals surface area (Å²) >= 11 is 0. The van der Waals surface area contributed by atoms with Crippen LogP contribution in [-0.2, 0) is 10.0 Å². The minimum atomic E-state index is -3.62. The van der Waals surface area contributed by atoms with E-state index < -0.39 is 10.0 Å². The molecule has 3 aromatic rings. The molecule has 1 N–H and O–H groups in total. The second-order valence-corrected chi connectivity index (χ2v) is 8.65. The molecule has 1 aromatic heterocycles. The Labute approximate surface area is 163 Å². The van der Waals surface area contributed by atoms with Gasteiger partial charge in [-0.2, -0.15) is 5.10 Å². The molecule has 0 saturated carbocycles. The highest BCUT2D eigenvalue weighted by atomic mass is 32.2. The molecule has 1 unspecified atom stereocenters. The molecular weight excluding hydrogens is 379 g/mol. The van der Waals surface area contributed by atoms with Crippen molar-refractivity contribution in [2.45, 2.75) is 11.3 Å². The van der Waals surface area contributed by atoms with E-state index in [2.05, 4.69) is 14.7 Å². The van der Waals surface area contributed by atoms with Crippen LogP contribution >= 0.6 is 0 Å². The van der Waals surface area contributed by atoms with Crippen molar-refractivity contribution < 1.29 is 12.8 Å². The van der Waals surface area contributed by atoms with Crippen LogP contribution in [0.2, 0.25) is 0 Å². The van der Waals surface area contributed by atoms with Crippen LogP contribution in [0.3, 0.4) is 0 Å². The Morgan fingerprint density at radius 2 is 1.82 bits per heavy atom. The molecule has 2 heterocycles. The van der Waals surface area contributed by atoms with Gasteiger partial charge >= 0.3 is 0 Å². The quantitative estimate of drug-likeness (QED) is 0.691. The summed E-state index contributed by atoms with van der Waals surface area (Å²) in [7, 11) is -3.62. The van der Waals surface area contributed by atoms with Gasteiger partial charge in [-0.1, -0.05) is 18.2 Å². The number of rotatable bonds is 6. The molecule has 146 valence electrons. The Morgan fingerprint density at radius 1 is 1.07 bits per heavy atom. The minimum absolute atomic E-state index is 0.143. The smallest absolute Gasteiger partial charge is 0.243 e. The Balaban J connectivity index is 1.37. The standard InChI is InChI=1S/C20H21FN4O2S/c21-17-6-8-18(9-7-17)24-11-10-16(14-24)12-23-28(26,27)20-13-22-25(15-20)19-4-2-1-3-5-19/h1-9,13,15-16,23H,10-12,14H2. The van der Waals surface area contributed by atoms with Gasteiger partial charge in [0.1, 0.15) is 10.7 Å². The Bertz CT molecular complexity index is 1040. The van der Waals surface area contributed by atoms with Crippen LogP contribution in [0.1, 0.15) is 6.42 Å². The van der Waals surface area contributed by atoms with Crippen LogP contribution in [0.4, 0.5) is 10.1 Å². The first kappa shape index (κ1) is 18.6. The van der Waals surface area contributed by atoms with Crippen LogP contribution in [0.25, 0.3) is 5.69 Å². The van der Waals surface area contributed by atoms with Gasteiger partial charge in [-0.3, -0.25) is 0 Å². The highest BCUT2D eigenvalue weighted by Gasteiger charge is 2.25. The zero-order valence-corrected chi connectivity index (χ0v) is 16.0. The maximum Gasteiger partial charge on any atom is 0.243 e. The molecule has 1 aliphatic heterocycles. The van der Waals surface area contributed by atoms with E-state index >= 15 is 0 Å². The third kappa shape index (κ3) is 4.07. The molecule has 4 rings (SSSR count). The molecule has 8 heteroatoms. The number of nitrogens with zero attached hydrogens (tertiary/aromatic N) is 3. The molecule has 1 atom stereocenters. The van der Waals surface area contributed by atoms with Crippen molar-refractivity contribution in [3.63, 3.8) is 0 Å². The number of aromatic nitrogens is 2. The first-order chi connectivity index (χ1) is 13.5. The Kier molecular flexibility index (Phi) is 5.15. The molecule has 0 spiro atoms. The number of anilines is 1. The molecule has 0 radical (unpaired) electrons. The maximum absolute atomic E-state index is 13.1. The van der Waals surface area contributed by atoms with Gasteiger partial charge in [0.15, 0.2) is 0 Å². The number of hydrogen-bond donors (Lipinski definition) is 1. The van der Waals surface area contributed by atoms with Gasteiger partial charge in [-0.25, -0.2) is 22.2 Å². The number of para-hydroxylation sites is 1. The maximum atomic E-state index is 13.1. The fourth-order valence-electron chi connectivity index (χ4n) is 3.36. The second-order valence-electron chi connectivity index (χ2n) is 6.89. The monoisotopic (exact) mass is 400 g/mol. The third-order valence-electron chi connectivity index (χ3n) is 4.93. The summed E-state index contributed by atoms with van der Waals surface area (Å²) < 4.78 is 42.5. The number of halogens is 1. The second kappa shape index (κ2) is 7.73. The van der Waals surface area contributed by atoms with Crippen molar-refractivity contribution in [1.82, 2.24) is 14.5 Å². The van der Waals surface area contributed by atoms with Gasteiger partial charge in [-0.05, 0) is 48.7 Å². The first-order valence-corrected chi connectivity index (χ1v) is 10.6. The Morgan fingerprint density at radius 3 is 2.57 bits per heavy atom. The number of benzene rings is 2. The van der Waals surface area contributed by atoms with Crippen molar-refractivity contribution in [1.29, 1.82) is 0 Å². The summed E-state index contributed by atoms with van der Waals surface area (Å²) in [6.07, 6.45) is 3.75. The zero-order chi connectivity index (χ0) is 19.6. The SMILES string of the molecule is O=S(=O)(NCC1CCN(c2ccc(F)cc2)C1)c1cnn(-c2ccccc2)c1. The zero-order valence-electron chi connectivity index (χ0n) is 15.2. The summed E-state index contributed by atoms with van der Waals surface area (Å²) in [4.78, 5) is 2.29. The average Bonchev–Trinajstić information content (AvgIpc) is 3.38. The lowest BCUT2D eigenvalue weighted by Crippen LogP contribution is -2.31. The molecule has 1 saturated heterocycles. The highest BCUT2D eigenvalue weighted by Crippen LogP contribution is 2.24. The number of hydrogen-bond acceptors (Lipinski definition) is 4. The first-order valence-electron chi connectivity index (χ1n) is 9.11. The minimum Gasteiger partial charge on any atom is -0.371 e. The molecule has 0 amide bonds. The lowest BCUT2D eigenvalue weighted by atomic mass is 10.1. The molecule has 28 heavy (non-hydrogen) atoms. The van der Waals surface area contributed by atoms with E-state index in [9.17, 15) is 12.8 Å². The van der Waals surface area contributed by atoms with Gasteiger partial charge in [0.05, 0.1) is 18.1 Å². The fourth-order valence-corrected chi connectivity index (χ4v) is 4.41. The van der Waals surface area contributed by atoms with E-state index in [-0.39, 0.29) is 16.6 Å². The third-order valence-corrected chi connectivity index (χ3v) is 6.31. The lowest BCUT2D eigenvalue weighted by Gasteiger charge is -2.18. The van der Waals surface area contributed by atoms with Gasteiger partial charge in [0, 0.05) is 25.3 Å². The fraction of sp³-hybridized carbons (Fsp3) is 0.250. The largest absolute Gasteiger partial charge is 0.371 e.